The average molecular weight is 272 g/mol. The maximum Gasteiger partial charge on any atom is 0.337 e. The lowest BCUT2D eigenvalue weighted by Gasteiger charge is -2.22. The van der Waals surface area contributed by atoms with Gasteiger partial charge in [-0.3, -0.25) is 0 Å². The van der Waals surface area contributed by atoms with E-state index in [4.69, 9.17) is 10.5 Å². The summed E-state index contributed by atoms with van der Waals surface area (Å²) >= 11 is 0. The van der Waals surface area contributed by atoms with Crippen molar-refractivity contribution < 1.29 is 14.6 Å². The summed E-state index contributed by atoms with van der Waals surface area (Å²) < 4.78 is 5.10. The molecular formula is C15H16N2O3. The Balaban J connectivity index is 2.43. The van der Waals surface area contributed by atoms with Crippen molar-refractivity contribution in [3.05, 3.63) is 48.0 Å². The van der Waals surface area contributed by atoms with Crippen molar-refractivity contribution in [1.82, 2.24) is 0 Å². The minimum atomic E-state index is -0.986. The number of hydrogen-bond acceptors (Lipinski definition) is 4. The third-order valence-electron chi connectivity index (χ3n) is 3.07. The van der Waals surface area contributed by atoms with Crippen LogP contribution in [0.2, 0.25) is 0 Å². The molecule has 0 saturated carbocycles. The van der Waals surface area contributed by atoms with E-state index in [0.717, 1.165) is 11.4 Å². The molecule has 0 amide bonds. The largest absolute Gasteiger partial charge is 0.497 e. The number of carboxylic acid groups (broad SMARTS) is 1. The number of ether oxygens (including phenoxy) is 1. The summed E-state index contributed by atoms with van der Waals surface area (Å²) in [5, 5.41) is 9.25. The number of carboxylic acids is 1. The summed E-state index contributed by atoms with van der Waals surface area (Å²) in [7, 11) is 3.39. The predicted octanol–water partition coefficient (Wildman–Crippen LogP) is 2.74. The molecule has 5 heteroatoms. The van der Waals surface area contributed by atoms with Crippen LogP contribution in [0.15, 0.2) is 42.5 Å². The lowest BCUT2D eigenvalue weighted by molar-refractivity contribution is 0.0697. The highest BCUT2D eigenvalue weighted by molar-refractivity contribution is 5.96. The molecule has 0 radical (unpaired) electrons. The molecule has 3 N–H and O–H groups in total. The summed E-state index contributed by atoms with van der Waals surface area (Å²) in [5.41, 5.74) is 7.86. The highest BCUT2D eigenvalue weighted by Gasteiger charge is 2.15. The Morgan fingerprint density at radius 1 is 1.20 bits per heavy atom. The van der Waals surface area contributed by atoms with Crippen molar-refractivity contribution in [2.45, 2.75) is 0 Å². The van der Waals surface area contributed by atoms with Crippen LogP contribution in [-0.4, -0.2) is 25.2 Å². The fourth-order valence-corrected chi connectivity index (χ4v) is 1.95. The molecule has 0 saturated heterocycles. The maximum absolute atomic E-state index is 11.3. The molecule has 0 heterocycles. The summed E-state index contributed by atoms with van der Waals surface area (Å²) in [4.78, 5) is 13.1. The van der Waals surface area contributed by atoms with Crippen LogP contribution in [0, 0.1) is 0 Å². The molecule has 0 aliphatic carbocycles. The molecule has 20 heavy (non-hydrogen) atoms. The van der Waals surface area contributed by atoms with Gasteiger partial charge in [0.2, 0.25) is 0 Å². The fourth-order valence-electron chi connectivity index (χ4n) is 1.95. The monoisotopic (exact) mass is 272 g/mol. The predicted molar refractivity (Wildman–Crippen MR) is 78.9 cm³/mol. The van der Waals surface area contributed by atoms with Gasteiger partial charge < -0.3 is 20.5 Å². The first-order chi connectivity index (χ1) is 9.52. The van der Waals surface area contributed by atoms with Crippen LogP contribution < -0.4 is 15.4 Å². The van der Waals surface area contributed by atoms with Crippen molar-refractivity contribution in [3.8, 4) is 5.75 Å². The molecule has 2 aromatic rings. The maximum atomic E-state index is 11.3. The van der Waals surface area contributed by atoms with Gasteiger partial charge in [-0.2, -0.15) is 0 Å². The van der Waals surface area contributed by atoms with Gasteiger partial charge in [-0.25, -0.2) is 4.79 Å². The highest BCUT2D eigenvalue weighted by atomic mass is 16.5. The number of aromatic carboxylic acids is 1. The van der Waals surface area contributed by atoms with E-state index in [1.54, 1.807) is 31.2 Å². The Kier molecular flexibility index (Phi) is 3.79. The summed E-state index contributed by atoms with van der Waals surface area (Å²) in [6, 6.07) is 12.1. The molecule has 5 nitrogen and oxygen atoms in total. The molecule has 0 aliphatic heterocycles. The second-order valence-corrected chi connectivity index (χ2v) is 4.34. The fraction of sp³-hybridized carbons (Fsp3) is 0.133. The van der Waals surface area contributed by atoms with E-state index >= 15 is 0 Å². The Morgan fingerprint density at radius 2 is 1.85 bits per heavy atom. The number of nitrogens with zero attached hydrogens (tertiary/aromatic N) is 1. The van der Waals surface area contributed by atoms with Crippen molar-refractivity contribution in [3.63, 3.8) is 0 Å². The number of benzene rings is 2. The minimum Gasteiger partial charge on any atom is -0.497 e. The quantitative estimate of drug-likeness (QED) is 0.837. The van der Waals surface area contributed by atoms with Crippen LogP contribution in [-0.2, 0) is 0 Å². The third-order valence-corrected chi connectivity index (χ3v) is 3.07. The van der Waals surface area contributed by atoms with Gasteiger partial charge in [-0.1, -0.05) is 0 Å². The molecule has 104 valence electrons. The van der Waals surface area contributed by atoms with E-state index < -0.39 is 5.97 Å². The summed E-state index contributed by atoms with van der Waals surface area (Å²) in [6.45, 7) is 0. The van der Waals surface area contributed by atoms with Crippen molar-refractivity contribution >= 4 is 23.0 Å². The van der Waals surface area contributed by atoms with Crippen LogP contribution >= 0.6 is 0 Å². The molecule has 2 rings (SSSR count). The molecular weight excluding hydrogens is 256 g/mol. The van der Waals surface area contributed by atoms with Crippen molar-refractivity contribution in [2.75, 3.05) is 24.8 Å². The molecule has 0 fully saturated rings. The average Bonchev–Trinajstić information content (AvgIpc) is 2.46. The SMILES string of the molecule is COc1ccc(N(C)c2cc(N)ccc2C(=O)O)cc1. The Hall–Kier alpha value is -2.69. The number of anilines is 3. The number of hydrogen-bond donors (Lipinski definition) is 2. The molecule has 0 aliphatic rings. The van der Waals surface area contributed by atoms with Gasteiger partial charge in [-0.05, 0) is 42.5 Å². The number of nitrogen functional groups attached to an aromatic ring is 1. The zero-order valence-corrected chi connectivity index (χ0v) is 11.3. The van der Waals surface area contributed by atoms with Gasteiger partial charge in [0.05, 0.1) is 18.4 Å². The van der Waals surface area contributed by atoms with E-state index in [1.807, 2.05) is 24.3 Å². The second kappa shape index (κ2) is 5.52. The van der Waals surface area contributed by atoms with Crippen LogP contribution in [0.3, 0.4) is 0 Å². The van der Waals surface area contributed by atoms with E-state index in [-0.39, 0.29) is 5.56 Å². The lowest BCUT2D eigenvalue weighted by Crippen LogP contribution is -2.14. The standard InChI is InChI=1S/C15H16N2O3/c1-17(11-4-6-12(20-2)7-5-11)14-9-10(16)3-8-13(14)15(18)19/h3-9H,16H2,1-2H3,(H,18,19). The zero-order valence-electron chi connectivity index (χ0n) is 11.3. The van der Waals surface area contributed by atoms with Gasteiger partial charge in [-0.15, -0.1) is 0 Å². The first kappa shape index (κ1) is 13.7. The minimum absolute atomic E-state index is 0.206. The Labute approximate surface area is 117 Å². The summed E-state index contributed by atoms with van der Waals surface area (Å²) in [6.07, 6.45) is 0. The van der Waals surface area contributed by atoms with Crippen LogP contribution in [0.25, 0.3) is 0 Å². The van der Waals surface area contributed by atoms with E-state index in [2.05, 4.69) is 0 Å². The number of carbonyl (C=O) groups is 1. The van der Waals surface area contributed by atoms with Gasteiger partial charge in [0.15, 0.2) is 0 Å². The first-order valence-corrected chi connectivity index (χ1v) is 6.03. The Bertz CT molecular complexity index is 624. The van der Waals surface area contributed by atoms with Crippen LogP contribution in [0.1, 0.15) is 10.4 Å². The third kappa shape index (κ3) is 2.66. The van der Waals surface area contributed by atoms with Gasteiger partial charge in [0.25, 0.3) is 0 Å². The van der Waals surface area contributed by atoms with Gasteiger partial charge in [0, 0.05) is 18.4 Å². The van der Waals surface area contributed by atoms with Gasteiger partial charge in [0.1, 0.15) is 5.75 Å². The van der Waals surface area contributed by atoms with E-state index in [9.17, 15) is 9.90 Å². The number of methoxy groups -OCH3 is 1. The first-order valence-electron chi connectivity index (χ1n) is 6.03. The molecule has 0 unspecified atom stereocenters. The molecule has 2 aromatic carbocycles. The van der Waals surface area contributed by atoms with E-state index in [1.165, 1.54) is 6.07 Å². The topological polar surface area (TPSA) is 75.8 Å². The molecule has 0 aromatic heterocycles. The molecule has 0 bridgehead atoms. The van der Waals surface area contributed by atoms with Crippen molar-refractivity contribution in [2.24, 2.45) is 0 Å². The number of nitrogens with two attached hydrogens (primary N) is 1. The van der Waals surface area contributed by atoms with Gasteiger partial charge >= 0.3 is 5.97 Å². The van der Waals surface area contributed by atoms with E-state index in [0.29, 0.717) is 11.4 Å². The second-order valence-electron chi connectivity index (χ2n) is 4.34. The Morgan fingerprint density at radius 3 is 2.40 bits per heavy atom. The summed E-state index contributed by atoms with van der Waals surface area (Å²) in [5.74, 6) is -0.242. The smallest absolute Gasteiger partial charge is 0.337 e. The molecule has 0 spiro atoms. The molecule has 0 atom stereocenters. The van der Waals surface area contributed by atoms with Crippen LogP contribution in [0.4, 0.5) is 17.1 Å². The lowest BCUT2D eigenvalue weighted by atomic mass is 10.1. The van der Waals surface area contributed by atoms with Crippen LogP contribution in [0.5, 0.6) is 5.75 Å². The zero-order chi connectivity index (χ0) is 14.7. The normalized spacial score (nSPS) is 10.1. The van der Waals surface area contributed by atoms with Crippen molar-refractivity contribution in [1.29, 1.82) is 0 Å². The highest BCUT2D eigenvalue weighted by Crippen LogP contribution is 2.30. The number of rotatable bonds is 4.